The van der Waals surface area contributed by atoms with Crippen molar-refractivity contribution in [3.8, 4) is 0 Å². The third-order valence-electron chi connectivity index (χ3n) is 9.24. The average molecular weight is 685 g/mol. The van der Waals surface area contributed by atoms with E-state index in [1.807, 2.05) is 36.4 Å². The number of benzene rings is 3. The molecule has 3 fully saturated rings. The first kappa shape index (κ1) is 33.9. The summed E-state index contributed by atoms with van der Waals surface area (Å²) in [5.74, 6) is -7.10. The predicted molar refractivity (Wildman–Crippen MR) is 164 cm³/mol. The van der Waals surface area contributed by atoms with Crippen molar-refractivity contribution in [1.29, 1.82) is 0 Å². The van der Waals surface area contributed by atoms with Gasteiger partial charge in [-0.1, -0.05) is 62.1 Å². The molecular weight excluding hydrogens is 649 g/mol. The van der Waals surface area contributed by atoms with Gasteiger partial charge in [0, 0.05) is 5.92 Å². The molecule has 3 aromatic carbocycles. The lowest BCUT2D eigenvalue weighted by Crippen LogP contribution is -2.52. The summed E-state index contributed by atoms with van der Waals surface area (Å²) in [5, 5.41) is -5.73. The van der Waals surface area contributed by atoms with E-state index in [1.165, 1.54) is 9.79 Å². The summed E-state index contributed by atoms with van der Waals surface area (Å²) < 4.78 is 110. The Morgan fingerprint density at radius 3 is 1.60 bits per heavy atom. The molecule has 3 aromatic rings. The van der Waals surface area contributed by atoms with E-state index in [2.05, 4.69) is 48.5 Å². The minimum atomic E-state index is -6.35. The lowest BCUT2D eigenvalue weighted by atomic mass is 9.84. The molecular formula is C33H36F4O5S3. The second-order valence-corrected chi connectivity index (χ2v) is 17.8. The van der Waals surface area contributed by atoms with Crippen LogP contribution in [0, 0.1) is 17.8 Å². The van der Waals surface area contributed by atoms with Crippen LogP contribution in [-0.2, 0) is 30.9 Å². The van der Waals surface area contributed by atoms with Crippen molar-refractivity contribution in [3.63, 3.8) is 0 Å². The van der Waals surface area contributed by atoms with Crippen molar-refractivity contribution in [1.82, 2.24) is 0 Å². The van der Waals surface area contributed by atoms with Gasteiger partial charge in [0.15, 0.2) is 34.6 Å². The van der Waals surface area contributed by atoms with Crippen LogP contribution in [0.25, 0.3) is 0 Å². The largest absolute Gasteiger partial charge is 0.743 e. The molecule has 3 aliphatic carbocycles. The second kappa shape index (κ2) is 13.4. The lowest BCUT2D eigenvalue weighted by molar-refractivity contribution is -0.202. The number of sulfone groups is 1. The first-order valence-electron chi connectivity index (χ1n) is 15.1. The molecule has 0 amide bonds. The zero-order chi connectivity index (χ0) is 32.5. The highest BCUT2D eigenvalue weighted by atomic mass is 32.2. The van der Waals surface area contributed by atoms with Crippen LogP contribution in [0.15, 0.2) is 105 Å². The Morgan fingerprint density at radius 2 is 1.16 bits per heavy atom. The van der Waals surface area contributed by atoms with Crippen molar-refractivity contribution < 1.29 is 39.0 Å². The molecule has 5 nitrogen and oxygen atoms in total. The Morgan fingerprint density at radius 1 is 0.644 bits per heavy atom. The maximum absolute atomic E-state index is 13.5. The molecule has 0 radical (unpaired) electrons. The van der Waals surface area contributed by atoms with Gasteiger partial charge in [-0.2, -0.15) is 17.6 Å². The molecule has 3 aliphatic rings. The molecule has 12 heteroatoms. The van der Waals surface area contributed by atoms with Gasteiger partial charge in [0.1, 0.15) is 0 Å². The highest BCUT2D eigenvalue weighted by Crippen LogP contribution is 2.58. The Kier molecular flexibility index (Phi) is 10.1. The molecule has 3 unspecified atom stereocenters. The third-order valence-corrected chi connectivity index (χ3v) is 14.7. The highest BCUT2D eigenvalue weighted by Gasteiger charge is 2.68. The van der Waals surface area contributed by atoms with Gasteiger partial charge in [-0.05, 0) is 92.5 Å². The number of hydrogen-bond donors (Lipinski definition) is 0. The molecule has 0 N–H and O–H groups in total. The molecule has 0 saturated heterocycles. The number of hydrogen-bond acceptors (Lipinski definition) is 5. The predicted octanol–water partition coefficient (Wildman–Crippen LogP) is 8.08. The highest BCUT2D eigenvalue weighted by molar-refractivity contribution is 7.97. The topological polar surface area (TPSA) is 91.3 Å². The summed E-state index contributed by atoms with van der Waals surface area (Å²) in [6.45, 7) is 0. The average Bonchev–Trinajstić information content (AvgIpc) is 3.68. The van der Waals surface area contributed by atoms with Gasteiger partial charge in [0.25, 0.3) is 0 Å². The lowest BCUT2D eigenvalue weighted by Gasteiger charge is -2.36. The maximum atomic E-state index is 13.5. The van der Waals surface area contributed by atoms with Crippen LogP contribution in [0.3, 0.4) is 0 Å². The van der Waals surface area contributed by atoms with Crippen LogP contribution in [0.5, 0.6) is 0 Å². The summed E-state index contributed by atoms with van der Waals surface area (Å²) >= 11 is 0. The molecule has 2 bridgehead atoms. The number of halogens is 4. The van der Waals surface area contributed by atoms with Gasteiger partial charge in [-0.15, -0.1) is 0 Å². The summed E-state index contributed by atoms with van der Waals surface area (Å²) in [5.41, 5.74) is 0. The summed E-state index contributed by atoms with van der Waals surface area (Å²) in [6, 6.07) is 28.5. The molecule has 0 heterocycles. The normalized spacial score (nSPS) is 22.7. The summed E-state index contributed by atoms with van der Waals surface area (Å²) in [7, 11) is -9.83. The van der Waals surface area contributed by atoms with Gasteiger partial charge in [-0.25, -0.2) is 16.8 Å². The van der Waals surface area contributed by atoms with Crippen LogP contribution in [0.4, 0.5) is 17.6 Å². The Hall–Kier alpha value is -2.41. The van der Waals surface area contributed by atoms with Crippen LogP contribution in [-0.4, -0.2) is 37.8 Å². The quantitative estimate of drug-likeness (QED) is 0.136. The van der Waals surface area contributed by atoms with E-state index in [-0.39, 0.29) is 28.5 Å². The first-order valence-corrected chi connectivity index (χ1v) is 19.3. The van der Waals surface area contributed by atoms with E-state index < -0.39 is 43.0 Å². The molecule has 0 aromatic heterocycles. The SMILES string of the molecule is O=S(=O)([O-])C(F)(F)C(F)(F)C1CC2CCC1C2.O=S(=O)(c1ccc([S+](c2ccccc2)c2ccccc2)cc1)C1CCCCC1. The molecule has 0 spiro atoms. The fourth-order valence-electron chi connectivity index (χ4n) is 6.93. The van der Waals surface area contributed by atoms with Crippen molar-refractivity contribution in [2.75, 3.05) is 0 Å². The van der Waals surface area contributed by atoms with E-state index in [1.54, 1.807) is 0 Å². The van der Waals surface area contributed by atoms with Gasteiger partial charge < -0.3 is 4.55 Å². The van der Waals surface area contributed by atoms with Gasteiger partial charge >= 0.3 is 11.2 Å². The third kappa shape index (κ3) is 6.99. The monoisotopic (exact) mass is 684 g/mol. The zero-order valence-electron chi connectivity index (χ0n) is 24.5. The molecule has 6 rings (SSSR count). The van der Waals surface area contributed by atoms with E-state index in [4.69, 9.17) is 0 Å². The standard InChI is InChI=1S/C24H25O2S2.C9H12F4O3S/c25-28(26,23-14-8-3-9-15-23)24-18-16-22(17-19-24)27(20-10-4-1-5-11-20)21-12-6-2-7-13-21;10-8(11,9(12,13)17(14,15)16)7-4-5-1-2-6(7)3-5/h1-2,4-7,10-13,16-19,23H,3,8-9,14-15H2;5-7H,1-4H2,(H,14,15,16)/q+1;/p-1. The van der Waals surface area contributed by atoms with Gasteiger partial charge in [0.2, 0.25) is 0 Å². The van der Waals surface area contributed by atoms with E-state index >= 15 is 0 Å². The molecule has 3 saturated carbocycles. The molecule has 0 aliphatic heterocycles. The Balaban J connectivity index is 0.000000201. The molecule has 45 heavy (non-hydrogen) atoms. The van der Waals surface area contributed by atoms with Crippen LogP contribution in [0.2, 0.25) is 0 Å². The number of rotatable bonds is 8. The van der Waals surface area contributed by atoms with Crippen molar-refractivity contribution in [3.05, 3.63) is 84.9 Å². The van der Waals surface area contributed by atoms with Crippen molar-refractivity contribution in [2.24, 2.45) is 17.8 Å². The molecule has 3 atom stereocenters. The number of fused-ring (bicyclic) bond motifs is 2. The first-order chi connectivity index (χ1) is 21.2. The smallest absolute Gasteiger partial charge is 0.396 e. The van der Waals surface area contributed by atoms with E-state index in [9.17, 15) is 39.0 Å². The zero-order valence-corrected chi connectivity index (χ0v) is 27.0. The fourth-order valence-corrected chi connectivity index (χ4v) is 11.3. The van der Waals surface area contributed by atoms with E-state index in [0.29, 0.717) is 24.2 Å². The van der Waals surface area contributed by atoms with Gasteiger partial charge in [0.05, 0.1) is 21.0 Å². The van der Waals surface area contributed by atoms with E-state index in [0.717, 1.165) is 37.0 Å². The number of alkyl halides is 4. The van der Waals surface area contributed by atoms with Gasteiger partial charge in [-0.3, -0.25) is 0 Å². The minimum Gasteiger partial charge on any atom is -0.743 e. The van der Waals surface area contributed by atoms with Crippen molar-refractivity contribution >= 4 is 30.9 Å². The van der Waals surface area contributed by atoms with Crippen LogP contribution in [0.1, 0.15) is 57.8 Å². The fraction of sp³-hybridized carbons (Fsp3) is 0.455. The van der Waals surface area contributed by atoms with Crippen LogP contribution >= 0.6 is 0 Å². The Labute approximate surface area is 265 Å². The summed E-state index contributed by atoms with van der Waals surface area (Å²) in [4.78, 5) is 4.07. The minimum absolute atomic E-state index is 0.0407. The molecule has 244 valence electrons. The summed E-state index contributed by atoms with van der Waals surface area (Å²) in [6.07, 6.45) is 6.21. The van der Waals surface area contributed by atoms with Crippen molar-refractivity contribution in [2.45, 2.75) is 93.8 Å². The van der Waals surface area contributed by atoms with Crippen LogP contribution < -0.4 is 0 Å². The Bertz CT molecular complexity index is 1610. The second-order valence-electron chi connectivity index (χ2n) is 12.1. The maximum Gasteiger partial charge on any atom is 0.396 e.